The molecule has 0 saturated heterocycles. The van der Waals surface area contributed by atoms with E-state index in [1.807, 2.05) is 13.8 Å². The van der Waals surface area contributed by atoms with Crippen molar-refractivity contribution in [3.05, 3.63) is 12.2 Å². The van der Waals surface area contributed by atoms with Crippen molar-refractivity contribution < 1.29 is 4.79 Å². The normalized spacial score (nSPS) is 36.8. The van der Waals surface area contributed by atoms with Crippen LogP contribution in [0.3, 0.4) is 0 Å². The summed E-state index contributed by atoms with van der Waals surface area (Å²) >= 11 is 0. The van der Waals surface area contributed by atoms with Crippen molar-refractivity contribution in [3.63, 3.8) is 0 Å². The van der Waals surface area contributed by atoms with Gasteiger partial charge in [0, 0.05) is 5.92 Å². The van der Waals surface area contributed by atoms with E-state index in [0.717, 1.165) is 0 Å². The molecule has 11 heavy (non-hydrogen) atoms. The van der Waals surface area contributed by atoms with E-state index in [1.54, 1.807) is 6.08 Å². The number of rotatable bonds is 0. The highest BCUT2D eigenvalue weighted by Crippen LogP contribution is 2.31. The number of carbonyl (C=O) groups excluding carboxylic acids is 1. The summed E-state index contributed by atoms with van der Waals surface area (Å²) in [7, 11) is 0. The second-order valence-electron chi connectivity index (χ2n) is 3.37. The van der Waals surface area contributed by atoms with E-state index in [4.69, 9.17) is 5.26 Å². The van der Waals surface area contributed by atoms with Gasteiger partial charge in [-0.3, -0.25) is 4.79 Å². The Hall–Kier alpha value is -1.10. The molecule has 2 heteroatoms. The van der Waals surface area contributed by atoms with Crippen LogP contribution in [0.1, 0.15) is 20.3 Å². The van der Waals surface area contributed by atoms with Crippen LogP contribution in [0, 0.1) is 22.7 Å². The molecular weight excluding hydrogens is 138 g/mol. The topological polar surface area (TPSA) is 40.9 Å². The number of carbonyl (C=O) groups is 1. The highest BCUT2D eigenvalue weighted by molar-refractivity contribution is 5.92. The zero-order valence-corrected chi connectivity index (χ0v) is 6.79. The third-order valence-electron chi connectivity index (χ3n) is 2.09. The summed E-state index contributed by atoms with van der Waals surface area (Å²) in [5.74, 6) is 0.141. The van der Waals surface area contributed by atoms with Crippen LogP contribution >= 0.6 is 0 Å². The molecule has 0 amide bonds. The molecule has 0 aliphatic heterocycles. The second-order valence-corrected chi connectivity index (χ2v) is 3.37. The summed E-state index contributed by atoms with van der Waals surface area (Å²) < 4.78 is 0. The number of hydrogen-bond donors (Lipinski definition) is 0. The fourth-order valence-corrected chi connectivity index (χ4v) is 1.32. The Morgan fingerprint density at radius 3 is 2.91 bits per heavy atom. The molecule has 0 bridgehead atoms. The summed E-state index contributed by atoms with van der Waals surface area (Å²) in [6, 6.07) is 2.19. The molecule has 0 aromatic rings. The van der Waals surface area contributed by atoms with Gasteiger partial charge in [-0.15, -0.1) is 0 Å². The second kappa shape index (κ2) is 2.50. The van der Waals surface area contributed by atoms with Crippen LogP contribution in [0.2, 0.25) is 0 Å². The molecule has 0 N–H and O–H groups in total. The molecule has 0 aromatic carbocycles. The lowest BCUT2D eigenvalue weighted by molar-refractivity contribution is -0.118. The smallest absolute Gasteiger partial charge is 0.158 e. The van der Waals surface area contributed by atoms with Gasteiger partial charge in [-0.1, -0.05) is 13.0 Å². The lowest BCUT2D eigenvalue weighted by Gasteiger charge is -2.24. The van der Waals surface area contributed by atoms with Gasteiger partial charge in [0.1, 0.15) is 0 Å². The molecule has 1 aliphatic rings. The Labute approximate surface area is 66.5 Å². The minimum Gasteiger partial charge on any atom is -0.295 e. The summed E-state index contributed by atoms with van der Waals surface area (Å²) in [4.78, 5) is 11.0. The van der Waals surface area contributed by atoms with E-state index < -0.39 is 5.41 Å². The minimum atomic E-state index is -0.423. The van der Waals surface area contributed by atoms with Crippen molar-refractivity contribution in [3.8, 4) is 6.07 Å². The lowest BCUT2D eigenvalue weighted by Crippen LogP contribution is -2.24. The maximum Gasteiger partial charge on any atom is 0.158 e. The first-order valence-electron chi connectivity index (χ1n) is 3.72. The van der Waals surface area contributed by atoms with Crippen molar-refractivity contribution >= 4 is 5.78 Å². The van der Waals surface area contributed by atoms with Gasteiger partial charge < -0.3 is 0 Å². The number of nitriles is 1. The van der Waals surface area contributed by atoms with Crippen molar-refractivity contribution in [2.45, 2.75) is 20.3 Å². The molecule has 2 atom stereocenters. The molecule has 0 radical (unpaired) electrons. The Kier molecular flexibility index (Phi) is 1.82. The summed E-state index contributed by atoms with van der Waals surface area (Å²) in [6.07, 6.45) is 3.88. The summed E-state index contributed by atoms with van der Waals surface area (Å²) in [6.45, 7) is 3.72. The Morgan fingerprint density at radius 2 is 2.45 bits per heavy atom. The molecule has 0 saturated carbocycles. The SMILES string of the molecule is CC1CC(C)(C#N)C=CC1=O. The first kappa shape index (κ1) is 8.00. The van der Waals surface area contributed by atoms with E-state index in [0.29, 0.717) is 6.42 Å². The first-order chi connectivity index (χ1) is 5.07. The van der Waals surface area contributed by atoms with E-state index in [-0.39, 0.29) is 11.7 Å². The lowest BCUT2D eigenvalue weighted by atomic mass is 9.77. The van der Waals surface area contributed by atoms with E-state index in [9.17, 15) is 4.79 Å². The third kappa shape index (κ3) is 1.48. The van der Waals surface area contributed by atoms with Crippen LogP contribution in [0.5, 0.6) is 0 Å². The van der Waals surface area contributed by atoms with Crippen LogP contribution in [-0.4, -0.2) is 5.78 Å². The van der Waals surface area contributed by atoms with Crippen LogP contribution in [0.4, 0.5) is 0 Å². The van der Waals surface area contributed by atoms with Gasteiger partial charge in [0.25, 0.3) is 0 Å². The Balaban J connectivity index is 2.89. The fraction of sp³-hybridized carbons (Fsp3) is 0.556. The van der Waals surface area contributed by atoms with E-state index in [2.05, 4.69) is 6.07 Å². The van der Waals surface area contributed by atoms with Crippen LogP contribution in [0.25, 0.3) is 0 Å². The van der Waals surface area contributed by atoms with Crippen LogP contribution < -0.4 is 0 Å². The van der Waals surface area contributed by atoms with Crippen LogP contribution in [-0.2, 0) is 4.79 Å². The third-order valence-corrected chi connectivity index (χ3v) is 2.09. The maximum absolute atomic E-state index is 11.0. The van der Waals surface area contributed by atoms with Gasteiger partial charge in [0.2, 0.25) is 0 Å². The monoisotopic (exact) mass is 149 g/mol. The maximum atomic E-state index is 11.0. The molecule has 0 aromatic heterocycles. The van der Waals surface area contributed by atoms with Crippen molar-refractivity contribution in [1.82, 2.24) is 0 Å². The van der Waals surface area contributed by atoms with Gasteiger partial charge in [0.05, 0.1) is 11.5 Å². The fourth-order valence-electron chi connectivity index (χ4n) is 1.32. The molecule has 0 spiro atoms. The highest BCUT2D eigenvalue weighted by Gasteiger charge is 2.29. The quantitative estimate of drug-likeness (QED) is 0.525. The number of nitrogens with zero attached hydrogens (tertiary/aromatic N) is 1. The number of allylic oxidation sites excluding steroid dienone is 2. The number of hydrogen-bond acceptors (Lipinski definition) is 2. The standard InChI is InChI=1S/C9H11NO/c1-7-5-9(2,6-10)4-3-8(7)11/h3-4,7H,5H2,1-2H3. The van der Waals surface area contributed by atoms with E-state index >= 15 is 0 Å². The van der Waals surface area contributed by atoms with Gasteiger partial charge in [-0.2, -0.15) is 5.26 Å². The zero-order chi connectivity index (χ0) is 8.48. The van der Waals surface area contributed by atoms with Crippen molar-refractivity contribution in [1.29, 1.82) is 5.26 Å². The predicted molar refractivity (Wildman–Crippen MR) is 41.6 cm³/mol. The predicted octanol–water partition coefficient (Wildman–Crippen LogP) is 1.68. The van der Waals surface area contributed by atoms with Gasteiger partial charge >= 0.3 is 0 Å². The zero-order valence-electron chi connectivity index (χ0n) is 6.79. The summed E-state index contributed by atoms with van der Waals surface area (Å²) in [5, 5.41) is 8.74. The van der Waals surface area contributed by atoms with E-state index in [1.165, 1.54) is 6.08 Å². The largest absolute Gasteiger partial charge is 0.295 e. The first-order valence-corrected chi connectivity index (χ1v) is 3.72. The average Bonchev–Trinajstić information content (AvgIpc) is 1.98. The molecule has 2 nitrogen and oxygen atoms in total. The average molecular weight is 149 g/mol. The molecule has 2 unspecified atom stereocenters. The molecular formula is C9H11NO. The molecule has 0 heterocycles. The molecule has 1 aliphatic carbocycles. The van der Waals surface area contributed by atoms with Crippen molar-refractivity contribution in [2.75, 3.05) is 0 Å². The van der Waals surface area contributed by atoms with Crippen LogP contribution in [0.15, 0.2) is 12.2 Å². The Bertz CT molecular complexity index is 249. The molecule has 58 valence electrons. The summed E-state index contributed by atoms with van der Waals surface area (Å²) in [5.41, 5.74) is -0.423. The van der Waals surface area contributed by atoms with Crippen molar-refractivity contribution in [2.24, 2.45) is 11.3 Å². The molecule has 1 rings (SSSR count). The minimum absolute atomic E-state index is 0.00431. The highest BCUT2D eigenvalue weighted by atomic mass is 16.1. The number of ketones is 1. The Morgan fingerprint density at radius 1 is 1.82 bits per heavy atom. The van der Waals surface area contributed by atoms with Gasteiger partial charge in [-0.05, 0) is 19.4 Å². The molecule has 0 fully saturated rings. The van der Waals surface area contributed by atoms with Gasteiger partial charge in [0.15, 0.2) is 5.78 Å². The van der Waals surface area contributed by atoms with Gasteiger partial charge in [-0.25, -0.2) is 0 Å².